The number of halogens is 1. The second-order valence-corrected chi connectivity index (χ2v) is 4.93. The highest BCUT2D eigenvalue weighted by molar-refractivity contribution is 9.10. The highest BCUT2D eigenvalue weighted by Crippen LogP contribution is 2.29. The second kappa shape index (κ2) is 4.14. The van der Waals surface area contributed by atoms with Crippen molar-refractivity contribution in [3.63, 3.8) is 0 Å². The Bertz CT molecular complexity index is 734. The van der Waals surface area contributed by atoms with Crippen LogP contribution in [0.1, 0.15) is 5.56 Å². The number of hydrogen-bond acceptors (Lipinski definition) is 2. The lowest BCUT2D eigenvalue weighted by Crippen LogP contribution is -1.90. The highest BCUT2D eigenvalue weighted by atomic mass is 79.9. The van der Waals surface area contributed by atoms with Gasteiger partial charge in [-0.2, -0.15) is 0 Å². The molecule has 0 atom stereocenters. The zero-order valence-corrected chi connectivity index (χ0v) is 11.3. The summed E-state index contributed by atoms with van der Waals surface area (Å²) < 4.78 is 2.70. The molecule has 0 aliphatic rings. The fourth-order valence-electron chi connectivity index (χ4n) is 2.05. The zero-order chi connectivity index (χ0) is 12.7. The molecule has 2 heterocycles. The number of aromatic hydroxyl groups is 1. The fraction of sp³-hybridized carbons (Fsp3) is 0.0714. The summed E-state index contributed by atoms with van der Waals surface area (Å²) in [6, 6.07) is 11.5. The number of nitrogens with zero attached hydrogens (tertiary/aromatic N) is 2. The highest BCUT2D eigenvalue weighted by Gasteiger charge is 2.12. The van der Waals surface area contributed by atoms with Gasteiger partial charge in [0.15, 0.2) is 0 Å². The lowest BCUT2D eigenvalue weighted by atomic mass is 10.1. The molecular formula is C14H11BrN2O. The lowest BCUT2D eigenvalue weighted by molar-refractivity contribution is 0.475. The van der Waals surface area contributed by atoms with Gasteiger partial charge in [-0.3, -0.25) is 4.40 Å². The third-order valence-electron chi connectivity index (χ3n) is 2.97. The summed E-state index contributed by atoms with van der Waals surface area (Å²) in [5, 5.41) is 9.53. The van der Waals surface area contributed by atoms with Gasteiger partial charge in [0.2, 0.25) is 0 Å². The van der Waals surface area contributed by atoms with Gasteiger partial charge in [-0.25, -0.2) is 4.98 Å². The molecule has 0 bridgehead atoms. The Morgan fingerprint density at radius 3 is 2.78 bits per heavy atom. The van der Waals surface area contributed by atoms with Crippen LogP contribution in [0.25, 0.3) is 16.9 Å². The normalized spacial score (nSPS) is 11.0. The lowest BCUT2D eigenvalue weighted by Gasteiger charge is -2.04. The molecule has 0 spiro atoms. The van der Waals surface area contributed by atoms with Crippen LogP contribution in [0.2, 0.25) is 0 Å². The van der Waals surface area contributed by atoms with Crippen molar-refractivity contribution in [2.24, 2.45) is 0 Å². The van der Waals surface area contributed by atoms with Crippen LogP contribution in [0, 0.1) is 6.92 Å². The Hall–Kier alpha value is -1.81. The molecule has 90 valence electrons. The van der Waals surface area contributed by atoms with Crippen molar-refractivity contribution in [1.82, 2.24) is 9.38 Å². The molecular weight excluding hydrogens is 292 g/mol. The van der Waals surface area contributed by atoms with E-state index in [0.29, 0.717) is 0 Å². The van der Waals surface area contributed by atoms with E-state index in [2.05, 4.69) is 33.9 Å². The molecule has 3 aromatic rings. The van der Waals surface area contributed by atoms with Gasteiger partial charge in [0.05, 0.1) is 5.52 Å². The van der Waals surface area contributed by atoms with Gasteiger partial charge in [0.25, 0.3) is 0 Å². The molecule has 0 fully saturated rings. The zero-order valence-electron chi connectivity index (χ0n) is 9.76. The summed E-state index contributed by atoms with van der Waals surface area (Å²) in [6.45, 7) is 2.06. The number of fused-ring (bicyclic) bond motifs is 1. The molecule has 0 unspecified atom stereocenters. The van der Waals surface area contributed by atoms with Crippen LogP contribution >= 0.6 is 15.9 Å². The van der Waals surface area contributed by atoms with Crippen LogP contribution in [0.15, 0.2) is 47.2 Å². The van der Waals surface area contributed by atoms with Gasteiger partial charge in [0.1, 0.15) is 16.2 Å². The Kier molecular flexibility index (Phi) is 2.59. The van der Waals surface area contributed by atoms with Crippen molar-refractivity contribution in [2.75, 3.05) is 0 Å². The Balaban J connectivity index is 2.34. The van der Waals surface area contributed by atoms with Gasteiger partial charge >= 0.3 is 0 Å². The molecule has 2 aromatic heterocycles. The van der Waals surface area contributed by atoms with Crippen LogP contribution in [0.4, 0.5) is 0 Å². The third-order valence-corrected chi connectivity index (χ3v) is 3.55. The number of aryl methyl sites for hydroxylation is 1. The monoisotopic (exact) mass is 302 g/mol. The molecule has 3 nitrogen and oxygen atoms in total. The van der Waals surface area contributed by atoms with Crippen molar-refractivity contribution in [3.05, 3.63) is 52.8 Å². The van der Waals surface area contributed by atoms with Gasteiger partial charge in [0, 0.05) is 17.8 Å². The maximum Gasteiger partial charge on any atom is 0.146 e. The summed E-state index contributed by atoms with van der Waals surface area (Å²) >= 11 is 3.43. The molecule has 1 N–H and O–H groups in total. The van der Waals surface area contributed by atoms with E-state index in [-0.39, 0.29) is 5.75 Å². The average molecular weight is 303 g/mol. The van der Waals surface area contributed by atoms with Crippen LogP contribution < -0.4 is 0 Å². The standard InChI is InChI=1S/C14H11BrN2O/c1-9-4-2-3-5-11(9)14-16-13(15)12-8-10(18)6-7-17(12)14/h2-8,18H,1H3. The predicted octanol–water partition coefficient (Wildman–Crippen LogP) is 3.78. The molecule has 0 saturated heterocycles. The van der Waals surface area contributed by atoms with Crippen LogP contribution in [0.3, 0.4) is 0 Å². The van der Waals surface area contributed by atoms with E-state index in [1.807, 2.05) is 28.8 Å². The molecule has 0 aliphatic carbocycles. The Morgan fingerprint density at radius 1 is 1.22 bits per heavy atom. The molecule has 0 amide bonds. The Morgan fingerprint density at radius 2 is 2.00 bits per heavy atom. The van der Waals surface area contributed by atoms with Crippen molar-refractivity contribution < 1.29 is 5.11 Å². The van der Waals surface area contributed by atoms with E-state index in [1.54, 1.807) is 12.1 Å². The maximum absolute atomic E-state index is 9.53. The topological polar surface area (TPSA) is 37.5 Å². The van der Waals surface area contributed by atoms with Crippen LogP contribution in [0.5, 0.6) is 5.75 Å². The minimum Gasteiger partial charge on any atom is -0.508 e. The SMILES string of the molecule is Cc1ccccc1-c1nc(Br)c2cc(O)ccn12. The van der Waals surface area contributed by atoms with E-state index in [0.717, 1.165) is 21.5 Å². The van der Waals surface area contributed by atoms with E-state index in [4.69, 9.17) is 0 Å². The van der Waals surface area contributed by atoms with Crippen molar-refractivity contribution in [1.29, 1.82) is 0 Å². The molecule has 3 rings (SSSR count). The first-order valence-electron chi connectivity index (χ1n) is 5.59. The molecule has 0 aliphatic heterocycles. The minimum absolute atomic E-state index is 0.236. The molecule has 0 saturated carbocycles. The maximum atomic E-state index is 9.53. The molecule has 1 aromatic carbocycles. The smallest absolute Gasteiger partial charge is 0.146 e. The van der Waals surface area contributed by atoms with Gasteiger partial charge in [-0.15, -0.1) is 0 Å². The van der Waals surface area contributed by atoms with Gasteiger partial charge in [-0.05, 0) is 34.5 Å². The van der Waals surface area contributed by atoms with Crippen LogP contribution in [-0.4, -0.2) is 14.5 Å². The quantitative estimate of drug-likeness (QED) is 0.743. The van der Waals surface area contributed by atoms with E-state index >= 15 is 0 Å². The largest absolute Gasteiger partial charge is 0.508 e. The van der Waals surface area contributed by atoms with Gasteiger partial charge < -0.3 is 5.11 Å². The first-order chi connectivity index (χ1) is 8.66. The van der Waals surface area contributed by atoms with E-state index in [9.17, 15) is 5.11 Å². The van der Waals surface area contributed by atoms with Crippen molar-refractivity contribution in [3.8, 4) is 17.1 Å². The average Bonchev–Trinajstić information content (AvgIpc) is 2.67. The first-order valence-corrected chi connectivity index (χ1v) is 6.38. The summed E-state index contributed by atoms with van der Waals surface area (Å²) in [5.74, 6) is 1.11. The number of hydrogen-bond donors (Lipinski definition) is 1. The van der Waals surface area contributed by atoms with Crippen molar-refractivity contribution >= 4 is 21.4 Å². The minimum atomic E-state index is 0.236. The Labute approximate surface area is 113 Å². The number of benzene rings is 1. The summed E-state index contributed by atoms with van der Waals surface area (Å²) in [7, 11) is 0. The van der Waals surface area contributed by atoms with Crippen molar-refractivity contribution in [2.45, 2.75) is 6.92 Å². The summed E-state index contributed by atoms with van der Waals surface area (Å²) in [6.07, 6.45) is 1.82. The molecule has 0 radical (unpaired) electrons. The second-order valence-electron chi connectivity index (χ2n) is 4.18. The first kappa shape index (κ1) is 11.3. The number of pyridine rings is 1. The van der Waals surface area contributed by atoms with E-state index < -0.39 is 0 Å². The van der Waals surface area contributed by atoms with Crippen LogP contribution in [-0.2, 0) is 0 Å². The number of aromatic nitrogens is 2. The fourth-order valence-corrected chi connectivity index (χ4v) is 2.52. The predicted molar refractivity (Wildman–Crippen MR) is 74.7 cm³/mol. The van der Waals surface area contributed by atoms with Gasteiger partial charge in [-0.1, -0.05) is 24.3 Å². The molecule has 18 heavy (non-hydrogen) atoms. The third kappa shape index (κ3) is 1.69. The van der Waals surface area contributed by atoms with E-state index in [1.165, 1.54) is 5.56 Å². The summed E-state index contributed by atoms with van der Waals surface area (Å²) in [5.41, 5.74) is 3.11. The number of rotatable bonds is 1. The summed E-state index contributed by atoms with van der Waals surface area (Å²) in [4.78, 5) is 4.53. The molecule has 4 heteroatoms. The number of imidazole rings is 1.